The van der Waals surface area contributed by atoms with E-state index < -0.39 is 0 Å². The third kappa shape index (κ3) is 1.39. The van der Waals surface area contributed by atoms with Crippen molar-refractivity contribution >= 4 is 28.6 Å². The Balaban J connectivity index is 2.66. The predicted molar refractivity (Wildman–Crippen MR) is 55.6 cm³/mol. The molecule has 0 amide bonds. The van der Waals surface area contributed by atoms with Crippen molar-refractivity contribution in [1.82, 2.24) is 19.9 Å². The first-order valence-electron chi connectivity index (χ1n) is 4.30. The first-order valence-corrected chi connectivity index (χ1v) is 4.68. The van der Waals surface area contributed by atoms with Gasteiger partial charge in [-0.3, -0.25) is 0 Å². The Bertz CT molecular complexity index is 452. The zero-order valence-electron chi connectivity index (χ0n) is 7.95. The second-order valence-electron chi connectivity index (χ2n) is 2.93. The van der Waals surface area contributed by atoms with Crippen molar-refractivity contribution in [2.75, 3.05) is 18.5 Å². The molecule has 14 heavy (non-hydrogen) atoms. The van der Waals surface area contributed by atoms with E-state index in [4.69, 9.17) is 11.6 Å². The van der Waals surface area contributed by atoms with Gasteiger partial charge in [0.2, 0.25) is 5.28 Å². The second kappa shape index (κ2) is 3.42. The van der Waals surface area contributed by atoms with E-state index in [2.05, 4.69) is 19.9 Å². The molecule has 2 aromatic heterocycles. The van der Waals surface area contributed by atoms with Crippen LogP contribution >= 0.6 is 11.6 Å². The largest absolute Gasteiger partial charge is 0.358 e. The van der Waals surface area contributed by atoms with Crippen molar-refractivity contribution in [3.05, 3.63) is 11.6 Å². The van der Waals surface area contributed by atoms with Crippen LogP contribution in [0.1, 0.15) is 6.92 Å². The summed E-state index contributed by atoms with van der Waals surface area (Å²) in [6, 6.07) is 0. The van der Waals surface area contributed by atoms with E-state index in [1.807, 2.05) is 18.9 Å². The molecule has 0 radical (unpaired) electrons. The minimum absolute atomic E-state index is 0.222. The Morgan fingerprint density at radius 2 is 2.29 bits per heavy atom. The molecular formula is C8H10ClN5. The summed E-state index contributed by atoms with van der Waals surface area (Å²) in [5, 5.41) is 0.222. The number of anilines is 1. The van der Waals surface area contributed by atoms with Gasteiger partial charge in [-0.25, -0.2) is 4.98 Å². The number of rotatable bonds is 2. The first kappa shape index (κ1) is 9.21. The van der Waals surface area contributed by atoms with Gasteiger partial charge in [0, 0.05) is 13.6 Å². The predicted octanol–water partition coefficient (Wildman–Crippen LogP) is 1.46. The first-order chi connectivity index (χ1) is 6.72. The van der Waals surface area contributed by atoms with E-state index in [1.165, 1.54) is 0 Å². The lowest BCUT2D eigenvalue weighted by Crippen LogP contribution is -2.18. The molecule has 0 aliphatic rings. The minimum Gasteiger partial charge on any atom is -0.358 e. The van der Waals surface area contributed by atoms with Crippen LogP contribution in [0.4, 0.5) is 5.82 Å². The Morgan fingerprint density at radius 1 is 1.50 bits per heavy atom. The van der Waals surface area contributed by atoms with Crippen molar-refractivity contribution < 1.29 is 0 Å². The fourth-order valence-electron chi connectivity index (χ4n) is 1.22. The quantitative estimate of drug-likeness (QED) is 0.765. The van der Waals surface area contributed by atoms with Crippen molar-refractivity contribution in [2.45, 2.75) is 6.92 Å². The Hall–Kier alpha value is -1.36. The summed E-state index contributed by atoms with van der Waals surface area (Å²) in [5.41, 5.74) is 1.42. The highest BCUT2D eigenvalue weighted by Gasteiger charge is 2.11. The van der Waals surface area contributed by atoms with Crippen LogP contribution in [0.25, 0.3) is 11.2 Å². The van der Waals surface area contributed by atoms with E-state index in [1.54, 1.807) is 6.33 Å². The molecular weight excluding hydrogens is 202 g/mol. The molecule has 2 heterocycles. The van der Waals surface area contributed by atoms with Crippen LogP contribution in [0.5, 0.6) is 0 Å². The summed E-state index contributed by atoms with van der Waals surface area (Å²) in [7, 11) is 1.94. The number of fused-ring (bicyclic) bond motifs is 1. The average molecular weight is 212 g/mol. The number of aromatic amines is 1. The molecule has 5 nitrogen and oxygen atoms in total. The molecule has 0 atom stereocenters. The molecule has 0 saturated heterocycles. The summed E-state index contributed by atoms with van der Waals surface area (Å²) in [6.07, 6.45) is 1.59. The van der Waals surface area contributed by atoms with Gasteiger partial charge in [0.05, 0.1) is 6.33 Å². The zero-order valence-corrected chi connectivity index (χ0v) is 8.71. The third-order valence-corrected chi connectivity index (χ3v) is 2.24. The van der Waals surface area contributed by atoms with Gasteiger partial charge < -0.3 is 9.88 Å². The molecule has 2 rings (SSSR count). The van der Waals surface area contributed by atoms with Gasteiger partial charge in [0.25, 0.3) is 0 Å². The van der Waals surface area contributed by atoms with Gasteiger partial charge >= 0.3 is 0 Å². The van der Waals surface area contributed by atoms with E-state index in [0.717, 1.165) is 17.9 Å². The monoisotopic (exact) mass is 211 g/mol. The van der Waals surface area contributed by atoms with E-state index in [-0.39, 0.29) is 5.28 Å². The fraction of sp³-hybridized carbons (Fsp3) is 0.375. The minimum atomic E-state index is 0.222. The molecule has 6 heteroatoms. The smallest absolute Gasteiger partial charge is 0.226 e. The Kier molecular flexibility index (Phi) is 2.25. The van der Waals surface area contributed by atoms with Crippen LogP contribution in [0.2, 0.25) is 5.28 Å². The molecule has 0 aliphatic carbocycles. The van der Waals surface area contributed by atoms with Gasteiger partial charge in [-0.05, 0) is 18.5 Å². The van der Waals surface area contributed by atoms with Crippen LogP contribution in [-0.4, -0.2) is 33.5 Å². The van der Waals surface area contributed by atoms with Crippen LogP contribution in [0, 0.1) is 0 Å². The number of aromatic nitrogens is 4. The molecule has 0 bridgehead atoms. The number of imidazole rings is 1. The molecule has 0 unspecified atom stereocenters. The maximum absolute atomic E-state index is 5.78. The molecule has 0 saturated carbocycles. The molecule has 0 fully saturated rings. The van der Waals surface area contributed by atoms with Crippen molar-refractivity contribution in [3.8, 4) is 0 Å². The molecule has 2 aromatic rings. The van der Waals surface area contributed by atoms with Crippen LogP contribution in [-0.2, 0) is 0 Å². The highest BCUT2D eigenvalue weighted by atomic mass is 35.5. The summed E-state index contributed by atoms with van der Waals surface area (Å²) in [5.74, 6) is 0.778. The lowest BCUT2D eigenvalue weighted by molar-refractivity contribution is 0.937. The lowest BCUT2D eigenvalue weighted by atomic mass is 10.4. The van der Waals surface area contributed by atoms with Crippen LogP contribution in [0.15, 0.2) is 6.33 Å². The number of hydrogen-bond donors (Lipinski definition) is 1. The van der Waals surface area contributed by atoms with E-state index >= 15 is 0 Å². The van der Waals surface area contributed by atoms with E-state index in [0.29, 0.717) is 5.65 Å². The van der Waals surface area contributed by atoms with Gasteiger partial charge in [0.15, 0.2) is 11.5 Å². The summed E-state index contributed by atoms with van der Waals surface area (Å²) in [6.45, 7) is 2.89. The van der Waals surface area contributed by atoms with Crippen LogP contribution in [0.3, 0.4) is 0 Å². The maximum atomic E-state index is 5.78. The zero-order chi connectivity index (χ0) is 10.1. The van der Waals surface area contributed by atoms with Crippen LogP contribution < -0.4 is 4.90 Å². The lowest BCUT2D eigenvalue weighted by Gasteiger charge is -2.15. The van der Waals surface area contributed by atoms with Crippen molar-refractivity contribution in [3.63, 3.8) is 0 Å². The number of halogens is 1. The highest BCUT2D eigenvalue weighted by molar-refractivity contribution is 6.28. The maximum Gasteiger partial charge on any atom is 0.226 e. The summed E-state index contributed by atoms with van der Waals surface area (Å²) < 4.78 is 0. The third-order valence-electron chi connectivity index (χ3n) is 2.08. The Morgan fingerprint density at radius 3 is 3.00 bits per heavy atom. The second-order valence-corrected chi connectivity index (χ2v) is 3.27. The topological polar surface area (TPSA) is 57.7 Å². The molecule has 0 aromatic carbocycles. The van der Waals surface area contributed by atoms with Gasteiger partial charge in [-0.2, -0.15) is 9.97 Å². The molecule has 1 N–H and O–H groups in total. The van der Waals surface area contributed by atoms with Gasteiger partial charge in [-0.1, -0.05) is 0 Å². The number of nitrogens with one attached hydrogen (secondary N) is 1. The van der Waals surface area contributed by atoms with Crippen molar-refractivity contribution in [2.24, 2.45) is 0 Å². The Labute approximate surface area is 86.1 Å². The highest BCUT2D eigenvalue weighted by Crippen LogP contribution is 2.21. The number of H-pyrrole nitrogens is 1. The SMILES string of the molecule is CCN(C)c1nc(Cl)nc2nc[nH]c12. The number of hydrogen-bond acceptors (Lipinski definition) is 4. The van der Waals surface area contributed by atoms with E-state index in [9.17, 15) is 0 Å². The average Bonchev–Trinajstić information content (AvgIpc) is 2.62. The van der Waals surface area contributed by atoms with Gasteiger partial charge in [-0.15, -0.1) is 0 Å². The summed E-state index contributed by atoms with van der Waals surface area (Å²) in [4.78, 5) is 17.2. The fourth-order valence-corrected chi connectivity index (χ4v) is 1.38. The van der Waals surface area contributed by atoms with Crippen molar-refractivity contribution in [1.29, 1.82) is 0 Å². The molecule has 74 valence electrons. The summed E-state index contributed by atoms with van der Waals surface area (Å²) >= 11 is 5.78. The molecule has 0 spiro atoms. The molecule has 0 aliphatic heterocycles. The van der Waals surface area contributed by atoms with Gasteiger partial charge in [0.1, 0.15) is 5.52 Å². The number of nitrogens with zero attached hydrogens (tertiary/aromatic N) is 4. The standard InChI is InChI=1S/C8H10ClN5/c1-3-14(2)7-5-6(11-4-10-5)12-8(9)13-7/h4H,3H2,1-2H3,(H,10,11,12,13). The normalized spacial score (nSPS) is 10.8.